The molecule has 0 atom stereocenters. The van der Waals surface area contributed by atoms with Crippen molar-refractivity contribution in [3.63, 3.8) is 0 Å². The second kappa shape index (κ2) is 3.44. The largest absolute Gasteiger partial charge is 0.381 e. The van der Waals surface area contributed by atoms with Gasteiger partial charge in [-0.15, -0.1) is 5.10 Å². The zero-order chi connectivity index (χ0) is 11.8. The van der Waals surface area contributed by atoms with Crippen LogP contribution in [0.15, 0.2) is 36.5 Å². The highest BCUT2D eigenvalue weighted by molar-refractivity contribution is 5.68. The molecule has 0 saturated carbocycles. The molecule has 3 aromatic rings. The predicted molar refractivity (Wildman–Crippen MR) is 65.0 cm³/mol. The van der Waals surface area contributed by atoms with Crippen LogP contribution in [0.3, 0.4) is 0 Å². The van der Waals surface area contributed by atoms with Gasteiger partial charge in [-0.1, -0.05) is 30.3 Å². The lowest BCUT2D eigenvalue weighted by Gasteiger charge is -2.04. The molecule has 84 valence electrons. The number of rotatable bonds is 1. The van der Waals surface area contributed by atoms with Crippen molar-refractivity contribution in [2.75, 3.05) is 11.5 Å². The summed E-state index contributed by atoms with van der Waals surface area (Å²) in [6.45, 7) is 0. The Morgan fingerprint density at radius 1 is 1.06 bits per heavy atom. The Labute approximate surface area is 96.9 Å². The highest BCUT2D eigenvalue weighted by atomic mass is 15.3. The molecular formula is C11H10N6. The predicted octanol–water partition coefficient (Wildman–Crippen LogP) is 0.956. The smallest absolute Gasteiger partial charge is 0.240 e. The molecule has 6 heteroatoms. The maximum atomic E-state index is 5.73. The van der Waals surface area contributed by atoms with Crippen LogP contribution < -0.4 is 11.5 Å². The Kier molecular flexibility index (Phi) is 1.94. The van der Waals surface area contributed by atoms with E-state index < -0.39 is 0 Å². The molecule has 0 spiro atoms. The van der Waals surface area contributed by atoms with Crippen molar-refractivity contribution in [1.29, 1.82) is 0 Å². The Morgan fingerprint density at radius 2 is 1.82 bits per heavy atom. The van der Waals surface area contributed by atoms with Crippen LogP contribution in [0.4, 0.5) is 11.8 Å². The van der Waals surface area contributed by atoms with Crippen LogP contribution in [-0.4, -0.2) is 19.6 Å². The van der Waals surface area contributed by atoms with Crippen molar-refractivity contribution in [2.45, 2.75) is 0 Å². The zero-order valence-electron chi connectivity index (χ0n) is 8.91. The van der Waals surface area contributed by atoms with Gasteiger partial charge in [0.2, 0.25) is 5.95 Å². The average molecular weight is 226 g/mol. The van der Waals surface area contributed by atoms with E-state index in [1.54, 1.807) is 10.7 Å². The summed E-state index contributed by atoms with van der Waals surface area (Å²) in [6, 6.07) is 9.76. The molecule has 0 radical (unpaired) electrons. The summed E-state index contributed by atoms with van der Waals surface area (Å²) in [5.74, 6) is 0.496. The van der Waals surface area contributed by atoms with Crippen LogP contribution in [0, 0.1) is 0 Å². The van der Waals surface area contributed by atoms with E-state index in [0.717, 1.165) is 11.3 Å². The molecule has 6 nitrogen and oxygen atoms in total. The van der Waals surface area contributed by atoms with E-state index in [-0.39, 0.29) is 5.95 Å². The first kappa shape index (κ1) is 9.59. The zero-order valence-corrected chi connectivity index (χ0v) is 8.91. The minimum Gasteiger partial charge on any atom is -0.381 e. The molecule has 2 heterocycles. The van der Waals surface area contributed by atoms with Crippen LogP contribution >= 0.6 is 0 Å². The normalized spacial score (nSPS) is 10.8. The third-order valence-electron chi connectivity index (χ3n) is 2.48. The van der Waals surface area contributed by atoms with Gasteiger partial charge in [0.1, 0.15) is 0 Å². The van der Waals surface area contributed by atoms with Crippen LogP contribution in [0.5, 0.6) is 0 Å². The third kappa shape index (κ3) is 1.46. The van der Waals surface area contributed by atoms with Crippen LogP contribution in [0.1, 0.15) is 0 Å². The fourth-order valence-corrected chi connectivity index (χ4v) is 1.71. The average Bonchev–Trinajstić information content (AvgIpc) is 2.73. The minimum atomic E-state index is 0.182. The van der Waals surface area contributed by atoms with Crippen molar-refractivity contribution in [1.82, 2.24) is 19.6 Å². The van der Waals surface area contributed by atoms with E-state index in [0.29, 0.717) is 11.5 Å². The second-order valence-corrected chi connectivity index (χ2v) is 3.60. The lowest BCUT2D eigenvalue weighted by Crippen LogP contribution is -2.00. The molecular weight excluding hydrogens is 216 g/mol. The first-order valence-electron chi connectivity index (χ1n) is 5.08. The molecule has 2 aromatic heterocycles. The fourth-order valence-electron chi connectivity index (χ4n) is 1.71. The van der Waals surface area contributed by atoms with Gasteiger partial charge in [0.15, 0.2) is 11.5 Å². The number of nitrogen functional groups attached to an aromatic ring is 2. The summed E-state index contributed by atoms with van der Waals surface area (Å²) < 4.78 is 1.60. The van der Waals surface area contributed by atoms with Gasteiger partial charge in [-0.05, 0) is 0 Å². The van der Waals surface area contributed by atoms with E-state index >= 15 is 0 Å². The van der Waals surface area contributed by atoms with Crippen molar-refractivity contribution in [2.24, 2.45) is 0 Å². The summed E-state index contributed by atoms with van der Waals surface area (Å²) in [5, 5.41) is 4.11. The monoisotopic (exact) mass is 226 g/mol. The van der Waals surface area contributed by atoms with E-state index in [1.165, 1.54) is 0 Å². The number of nitrogens with zero attached hydrogens (tertiary/aromatic N) is 4. The SMILES string of the molecule is Nc1nc2c(N)ncc(-c3ccccc3)n2n1. The number of nitrogens with two attached hydrogens (primary N) is 2. The lowest BCUT2D eigenvalue weighted by atomic mass is 10.2. The summed E-state index contributed by atoms with van der Waals surface area (Å²) >= 11 is 0. The van der Waals surface area contributed by atoms with E-state index in [9.17, 15) is 0 Å². The standard InChI is InChI=1S/C11H10N6/c12-9-10-15-11(13)16-17(10)8(6-14-9)7-4-2-1-3-5-7/h1-6H,(H2,12,14)(H2,13,16). The number of hydrogen-bond donors (Lipinski definition) is 2. The lowest BCUT2D eigenvalue weighted by molar-refractivity contribution is 0.964. The quantitative estimate of drug-likeness (QED) is 0.644. The van der Waals surface area contributed by atoms with Gasteiger partial charge in [-0.2, -0.15) is 4.98 Å². The Bertz CT molecular complexity index is 673. The first-order chi connectivity index (χ1) is 8.25. The van der Waals surface area contributed by atoms with Gasteiger partial charge < -0.3 is 11.5 Å². The Balaban J connectivity index is 2.34. The molecule has 0 aliphatic heterocycles. The molecule has 0 amide bonds. The Morgan fingerprint density at radius 3 is 2.59 bits per heavy atom. The van der Waals surface area contributed by atoms with E-state index in [4.69, 9.17) is 11.5 Å². The van der Waals surface area contributed by atoms with Gasteiger partial charge in [0, 0.05) is 5.56 Å². The van der Waals surface area contributed by atoms with Crippen LogP contribution in [0.2, 0.25) is 0 Å². The number of fused-ring (bicyclic) bond motifs is 1. The van der Waals surface area contributed by atoms with Gasteiger partial charge in [0.05, 0.1) is 11.9 Å². The van der Waals surface area contributed by atoms with Crippen molar-refractivity contribution in [3.05, 3.63) is 36.5 Å². The molecule has 4 N–H and O–H groups in total. The van der Waals surface area contributed by atoms with E-state index in [1.807, 2.05) is 30.3 Å². The van der Waals surface area contributed by atoms with Crippen LogP contribution in [0.25, 0.3) is 16.9 Å². The summed E-state index contributed by atoms with van der Waals surface area (Å²) in [6.07, 6.45) is 1.66. The minimum absolute atomic E-state index is 0.182. The molecule has 0 fully saturated rings. The number of aromatic nitrogens is 4. The second-order valence-electron chi connectivity index (χ2n) is 3.60. The maximum absolute atomic E-state index is 5.73. The maximum Gasteiger partial charge on any atom is 0.240 e. The molecule has 1 aromatic carbocycles. The summed E-state index contributed by atoms with van der Waals surface area (Å²) in [4.78, 5) is 8.14. The van der Waals surface area contributed by atoms with Gasteiger partial charge in [0.25, 0.3) is 0 Å². The first-order valence-corrected chi connectivity index (χ1v) is 5.08. The van der Waals surface area contributed by atoms with Crippen molar-refractivity contribution >= 4 is 17.4 Å². The molecule has 0 aliphatic carbocycles. The van der Waals surface area contributed by atoms with Gasteiger partial charge >= 0.3 is 0 Å². The number of anilines is 2. The highest BCUT2D eigenvalue weighted by Gasteiger charge is 2.10. The van der Waals surface area contributed by atoms with Crippen LogP contribution in [-0.2, 0) is 0 Å². The molecule has 17 heavy (non-hydrogen) atoms. The summed E-state index contributed by atoms with van der Waals surface area (Å²) in [5.41, 5.74) is 13.6. The molecule has 3 rings (SSSR count). The molecule has 0 aliphatic rings. The highest BCUT2D eigenvalue weighted by Crippen LogP contribution is 2.21. The number of hydrogen-bond acceptors (Lipinski definition) is 5. The van der Waals surface area contributed by atoms with Gasteiger partial charge in [-0.25, -0.2) is 9.50 Å². The summed E-state index contributed by atoms with van der Waals surface area (Å²) in [7, 11) is 0. The van der Waals surface area contributed by atoms with Crippen molar-refractivity contribution < 1.29 is 0 Å². The molecule has 0 unspecified atom stereocenters. The Hall–Kier alpha value is -2.63. The number of benzene rings is 1. The fraction of sp³-hybridized carbons (Fsp3) is 0. The van der Waals surface area contributed by atoms with E-state index in [2.05, 4.69) is 15.1 Å². The van der Waals surface area contributed by atoms with Crippen molar-refractivity contribution in [3.8, 4) is 11.3 Å². The topological polar surface area (TPSA) is 95.1 Å². The third-order valence-corrected chi connectivity index (χ3v) is 2.48. The van der Waals surface area contributed by atoms with Gasteiger partial charge in [-0.3, -0.25) is 0 Å². The molecule has 0 saturated heterocycles. The molecule has 0 bridgehead atoms.